The maximum Gasteiger partial charge on any atom is 0.158 e. The van der Waals surface area contributed by atoms with E-state index in [1.54, 1.807) is 6.07 Å². The summed E-state index contributed by atoms with van der Waals surface area (Å²) < 4.78 is 0. The number of benzene rings is 1. The summed E-state index contributed by atoms with van der Waals surface area (Å²) in [7, 11) is 0. The van der Waals surface area contributed by atoms with Crippen molar-refractivity contribution in [2.45, 2.75) is 26.2 Å². The lowest BCUT2D eigenvalue weighted by molar-refractivity contribution is 0.590. The molecule has 1 heterocycles. The minimum Gasteiger partial charge on any atom is -0.307 e. The molecular weight excluding hydrogens is 248 g/mol. The van der Waals surface area contributed by atoms with Gasteiger partial charge in [-0.15, -0.1) is 0 Å². The Morgan fingerprint density at radius 3 is 2.25 bits per heavy atom. The molecule has 4 nitrogen and oxygen atoms in total. The Balaban J connectivity index is 2.40. The lowest BCUT2D eigenvalue weighted by atomic mass is 9.86. The molecule has 0 unspecified atom stereocenters. The molecule has 0 aliphatic carbocycles. The predicted octanol–water partition coefficient (Wildman–Crippen LogP) is 3.20. The van der Waals surface area contributed by atoms with Crippen molar-refractivity contribution in [3.8, 4) is 17.3 Å². The third-order valence-electron chi connectivity index (χ3n) is 3.20. The van der Waals surface area contributed by atoms with Crippen molar-refractivity contribution in [3.05, 3.63) is 47.5 Å². The van der Waals surface area contributed by atoms with E-state index in [-0.39, 0.29) is 5.41 Å². The zero-order chi connectivity index (χ0) is 14.8. The molecule has 0 saturated heterocycles. The molecule has 0 atom stereocenters. The number of aromatic nitrogens is 1. The van der Waals surface area contributed by atoms with Gasteiger partial charge in [-0.25, -0.2) is 10.8 Å². The van der Waals surface area contributed by atoms with Gasteiger partial charge in [0.1, 0.15) is 6.07 Å². The van der Waals surface area contributed by atoms with Crippen LogP contribution in [0.1, 0.15) is 31.9 Å². The van der Waals surface area contributed by atoms with Crippen molar-refractivity contribution in [1.82, 2.24) is 4.98 Å². The van der Waals surface area contributed by atoms with Crippen LogP contribution in [-0.2, 0) is 5.41 Å². The van der Waals surface area contributed by atoms with Crippen molar-refractivity contribution in [2.75, 3.05) is 5.43 Å². The van der Waals surface area contributed by atoms with E-state index in [2.05, 4.69) is 43.3 Å². The number of rotatable bonds is 2. The Bertz CT molecular complexity index is 646. The number of nitrogens with zero attached hydrogens (tertiary/aromatic N) is 2. The molecule has 1 aromatic heterocycles. The van der Waals surface area contributed by atoms with Gasteiger partial charge in [0, 0.05) is 5.56 Å². The Morgan fingerprint density at radius 1 is 1.10 bits per heavy atom. The molecular formula is C16H18N4. The molecule has 0 spiro atoms. The number of hydrogen-bond acceptors (Lipinski definition) is 4. The van der Waals surface area contributed by atoms with Crippen molar-refractivity contribution in [2.24, 2.45) is 5.84 Å². The van der Waals surface area contributed by atoms with Crippen molar-refractivity contribution >= 4 is 5.82 Å². The Labute approximate surface area is 119 Å². The van der Waals surface area contributed by atoms with Gasteiger partial charge < -0.3 is 5.43 Å². The minimum atomic E-state index is 0.126. The summed E-state index contributed by atoms with van der Waals surface area (Å²) in [5.74, 6) is 5.78. The molecule has 20 heavy (non-hydrogen) atoms. The number of hydrazine groups is 1. The number of hydrogen-bond donors (Lipinski definition) is 2. The Kier molecular flexibility index (Phi) is 3.73. The van der Waals surface area contributed by atoms with E-state index in [0.717, 1.165) is 11.3 Å². The van der Waals surface area contributed by atoms with E-state index in [1.165, 1.54) is 5.56 Å². The van der Waals surface area contributed by atoms with E-state index < -0.39 is 0 Å². The van der Waals surface area contributed by atoms with Gasteiger partial charge in [0.25, 0.3) is 0 Å². The van der Waals surface area contributed by atoms with Gasteiger partial charge in [0.2, 0.25) is 0 Å². The molecule has 0 amide bonds. The smallest absolute Gasteiger partial charge is 0.158 e. The highest BCUT2D eigenvalue weighted by molar-refractivity contribution is 5.65. The Hall–Kier alpha value is -2.38. The van der Waals surface area contributed by atoms with Gasteiger partial charge in [-0.3, -0.25) is 0 Å². The fourth-order valence-corrected chi connectivity index (χ4v) is 1.96. The Morgan fingerprint density at radius 2 is 1.75 bits per heavy atom. The molecule has 0 aliphatic heterocycles. The zero-order valence-electron chi connectivity index (χ0n) is 11.9. The summed E-state index contributed by atoms with van der Waals surface area (Å²) in [5, 5.41) is 8.95. The second-order valence-corrected chi connectivity index (χ2v) is 5.68. The molecule has 0 radical (unpaired) electrons. The molecule has 4 heteroatoms. The zero-order valence-corrected chi connectivity index (χ0v) is 11.9. The second kappa shape index (κ2) is 5.32. The number of nitrogens with one attached hydrogen (secondary N) is 1. The van der Waals surface area contributed by atoms with E-state index in [1.807, 2.05) is 24.3 Å². The lowest BCUT2D eigenvalue weighted by Crippen LogP contribution is -2.11. The first-order valence-corrected chi connectivity index (χ1v) is 6.44. The molecule has 0 bridgehead atoms. The average molecular weight is 266 g/mol. The van der Waals surface area contributed by atoms with Crippen molar-refractivity contribution < 1.29 is 0 Å². The summed E-state index contributed by atoms with van der Waals surface area (Å²) in [6.45, 7) is 6.54. The summed E-state index contributed by atoms with van der Waals surface area (Å²) in [6, 6.07) is 13.9. The van der Waals surface area contributed by atoms with Gasteiger partial charge in [0.15, 0.2) is 5.82 Å². The first-order chi connectivity index (χ1) is 9.45. The lowest BCUT2D eigenvalue weighted by Gasteiger charge is -2.19. The van der Waals surface area contributed by atoms with Gasteiger partial charge >= 0.3 is 0 Å². The summed E-state index contributed by atoms with van der Waals surface area (Å²) in [5.41, 5.74) is 6.08. The minimum absolute atomic E-state index is 0.126. The maximum atomic E-state index is 8.95. The molecule has 0 saturated carbocycles. The number of anilines is 1. The normalized spacial score (nSPS) is 10.9. The van der Waals surface area contributed by atoms with Crippen LogP contribution in [-0.4, -0.2) is 4.98 Å². The van der Waals surface area contributed by atoms with E-state index in [9.17, 15) is 0 Å². The van der Waals surface area contributed by atoms with Crippen LogP contribution in [0.2, 0.25) is 0 Å². The largest absolute Gasteiger partial charge is 0.307 e. The van der Waals surface area contributed by atoms with Crippen molar-refractivity contribution in [3.63, 3.8) is 0 Å². The second-order valence-electron chi connectivity index (χ2n) is 5.68. The van der Waals surface area contributed by atoms with Gasteiger partial charge in [-0.1, -0.05) is 45.0 Å². The first-order valence-electron chi connectivity index (χ1n) is 6.44. The fraction of sp³-hybridized carbons (Fsp3) is 0.250. The van der Waals surface area contributed by atoms with E-state index in [4.69, 9.17) is 11.1 Å². The highest BCUT2D eigenvalue weighted by Gasteiger charge is 2.13. The molecule has 2 aromatic rings. The van der Waals surface area contributed by atoms with Crippen LogP contribution in [0.4, 0.5) is 5.82 Å². The van der Waals surface area contributed by atoms with Crippen LogP contribution in [0.15, 0.2) is 36.4 Å². The fourth-order valence-electron chi connectivity index (χ4n) is 1.96. The molecule has 0 fully saturated rings. The summed E-state index contributed by atoms with van der Waals surface area (Å²) in [4.78, 5) is 4.37. The third-order valence-corrected chi connectivity index (χ3v) is 3.20. The van der Waals surface area contributed by atoms with Gasteiger partial charge in [0.05, 0.1) is 11.3 Å². The molecule has 1 aromatic carbocycles. The predicted molar refractivity (Wildman–Crippen MR) is 80.9 cm³/mol. The maximum absolute atomic E-state index is 8.95. The highest BCUT2D eigenvalue weighted by atomic mass is 15.2. The van der Waals surface area contributed by atoms with Crippen LogP contribution in [0.25, 0.3) is 11.3 Å². The van der Waals surface area contributed by atoms with Crippen LogP contribution in [0, 0.1) is 11.3 Å². The van der Waals surface area contributed by atoms with Crippen LogP contribution in [0.5, 0.6) is 0 Å². The highest BCUT2D eigenvalue weighted by Crippen LogP contribution is 2.26. The third kappa shape index (κ3) is 2.79. The monoisotopic (exact) mass is 266 g/mol. The molecule has 0 aliphatic rings. The first kappa shape index (κ1) is 14.0. The molecule has 102 valence electrons. The molecule has 3 N–H and O–H groups in total. The average Bonchev–Trinajstić information content (AvgIpc) is 2.45. The van der Waals surface area contributed by atoms with E-state index in [0.29, 0.717) is 11.4 Å². The van der Waals surface area contributed by atoms with Crippen LogP contribution in [0.3, 0.4) is 0 Å². The van der Waals surface area contributed by atoms with E-state index >= 15 is 0 Å². The summed E-state index contributed by atoms with van der Waals surface area (Å²) in [6.07, 6.45) is 0. The standard InChI is InChI=1S/C16H18N4/c1-16(2,3)13-7-4-11(5-8-13)14-9-6-12(10-17)15(19-14)20-18/h4-9H,18H2,1-3H3,(H,19,20). The van der Waals surface area contributed by atoms with Gasteiger partial charge in [-0.2, -0.15) is 5.26 Å². The summed E-state index contributed by atoms with van der Waals surface area (Å²) >= 11 is 0. The molecule has 2 rings (SSSR count). The quantitative estimate of drug-likeness (QED) is 0.646. The SMILES string of the molecule is CC(C)(C)c1ccc(-c2ccc(C#N)c(NN)n2)cc1. The number of pyridine rings is 1. The number of nitriles is 1. The van der Waals surface area contributed by atoms with Crippen molar-refractivity contribution in [1.29, 1.82) is 5.26 Å². The van der Waals surface area contributed by atoms with Crippen LogP contribution < -0.4 is 11.3 Å². The number of nitrogens with two attached hydrogens (primary N) is 1. The van der Waals surface area contributed by atoms with Gasteiger partial charge in [-0.05, 0) is 23.1 Å². The number of nitrogen functional groups attached to an aromatic ring is 1. The topological polar surface area (TPSA) is 74.7 Å². The van der Waals surface area contributed by atoms with Crippen LogP contribution >= 0.6 is 0 Å².